The van der Waals surface area contributed by atoms with E-state index in [1.807, 2.05) is 0 Å². The summed E-state index contributed by atoms with van der Waals surface area (Å²) < 4.78 is 24.6. The normalized spacial score (nSPS) is 6.75. The van der Waals surface area contributed by atoms with Gasteiger partial charge in [0.15, 0.2) is 0 Å². The molecule has 0 fully saturated rings. The van der Waals surface area contributed by atoms with Crippen LogP contribution in [0.5, 0.6) is 0 Å². The Kier molecular flexibility index (Phi) is 1.93. The van der Waals surface area contributed by atoms with Gasteiger partial charge in [-0.2, -0.15) is 0 Å². The zero-order chi connectivity index (χ0) is 3.58. The first-order valence-corrected chi connectivity index (χ1v) is 4.90. The van der Waals surface area contributed by atoms with Gasteiger partial charge < -0.3 is 0 Å². The molecule has 0 bridgehead atoms. The van der Waals surface area contributed by atoms with Crippen LogP contribution in [0, 0.1) is 0 Å². The first-order valence-electron chi connectivity index (χ1n) is 0.943. The molecule has 0 aliphatic rings. The van der Waals surface area contributed by atoms with Crippen LogP contribution in [0.2, 0.25) is 0 Å². The maximum absolute atomic E-state index is 10.3. The zero-order valence-electron chi connectivity index (χ0n) is 2.04. The Balaban J connectivity index is 2.32. The standard InChI is InChI=1S/2FH.H2N.Zn/h2*1H;1H2;/q;;-1;+3/p-2. The van der Waals surface area contributed by atoms with Crippen LogP contribution in [0.25, 0.3) is 0 Å². The molecular weight excluding hydrogens is 117 g/mol. The van der Waals surface area contributed by atoms with Gasteiger partial charge >= 0.3 is 28.3 Å². The van der Waals surface area contributed by atoms with Crippen LogP contribution in [-0.4, -0.2) is 0 Å². The molecule has 0 spiro atoms. The molecule has 0 unspecified atom stereocenters. The van der Waals surface area contributed by atoms with Gasteiger partial charge in [-0.05, 0) is 0 Å². The maximum atomic E-state index is 10.3. The summed E-state index contributed by atoms with van der Waals surface area (Å²) in [7, 11) is 0. The molecule has 4 heavy (non-hydrogen) atoms. The molecule has 23 valence electrons. The minimum atomic E-state index is -4.12. The molecule has 0 heterocycles. The molecular formula is H2F2NZn. The minimum absolute atomic E-state index is 3.99. The summed E-state index contributed by atoms with van der Waals surface area (Å²) in [6.07, 6.45) is 0. The van der Waals surface area contributed by atoms with Crippen molar-refractivity contribution in [1.29, 1.82) is 0 Å². The molecule has 0 amide bonds. The second kappa shape index (κ2) is 1.73. The summed E-state index contributed by atoms with van der Waals surface area (Å²) in [6, 6.07) is 0. The Morgan fingerprint density at radius 3 is 1.50 bits per heavy atom. The average molecular weight is 119 g/mol. The van der Waals surface area contributed by atoms with Gasteiger partial charge in [-0.1, -0.05) is 0 Å². The molecule has 0 aliphatic carbocycles. The van der Waals surface area contributed by atoms with Gasteiger partial charge in [-0.15, -0.1) is 0 Å². The van der Waals surface area contributed by atoms with Crippen molar-refractivity contribution in [2.24, 2.45) is 4.48 Å². The van der Waals surface area contributed by atoms with Crippen molar-refractivity contribution in [3.05, 3.63) is 0 Å². The Labute approximate surface area is 29.1 Å². The van der Waals surface area contributed by atoms with Crippen LogP contribution in [0.4, 0.5) is 6.63 Å². The van der Waals surface area contributed by atoms with E-state index in [1.165, 1.54) is 0 Å². The first kappa shape index (κ1) is 4.44. The van der Waals surface area contributed by atoms with Gasteiger partial charge in [0.25, 0.3) is 0 Å². The first-order chi connectivity index (χ1) is 1.73. The Hall–Kier alpha value is 0.443. The third-order valence-corrected chi connectivity index (χ3v) is 0. The van der Waals surface area contributed by atoms with Gasteiger partial charge in [0.05, 0.1) is 0 Å². The molecule has 0 aliphatic heterocycles. The van der Waals surface area contributed by atoms with Crippen LogP contribution >= 0.6 is 0 Å². The fourth-order valence-corrected chi connectivity index (χ4v) is 0. The second-order valence-corrected chi connectivity index (χ2v) is 2.13. The summed E-state index contributed by atoms with van der Waals surface area (Å²) in [6.45, 7) is 0. The van der Waals surface area contributed by atoms with Gasteiger partial charge in [-0.3, -0.25) is 0 Å². The topological polar surface area (TPSA) is 26.0 Å². The van der Waals surface area contributed by atoms with Gasteiger partial charge in [0.1, 0.15) is 0 Å². The van der Waals surface area contributed by atoms with Crippen molar-refractivity contribution < 1.29 is 23.8 Å². The average Bonchev–Trinajstić information content (AvgIpc) is 0.811. The van der Waals surface area contributed by atoms with E-state index in [9.17, 15) is 6.63 Å². The molecule has 0 saturated heterocycles. The third kappa shape index (κ3) is 25.9. The zero-order valence-corrected chi connectivity index (χ0v) is 5.01. The molecule has 0 rings (SSSR count). The molecule has 1 nitrogen and oxygen atoms in total. The monoisotopic (exact) mass is 118 g/mol. The summed E-state index contributed by atoms with van der Waals surface area (Å²) in [5, 5.41) is 0. The van der Waals surface area contributed by atoms with E-state index in [0.29, 0.717) is 0 Å². The third-order valence-electron chi connectivity index (χ3n) is 0. The van der Waals surface area contributed by atoms with Gasteiger partial charge in [0, 0.05) is 0 Å². The molecule has 0 aromatic rings. The van der Waals surface area contributed by atoms with Gasteiger partial charge in [0.2, 0.25) is 0 Å². The van der Waals surface area contributed by atoms with Crippen molar-refractivity contribution in [3.8, 4) is 0 Å². The van der Waals surface area contributed by atoms with Crippen molar-refractivity contribution >= 4 is 0 Å². The van der Waals surface area contributed by atoms with Crippen LogP contribution in [0.3, 0.4) is 0 Å². The van der Waals surface area contributed by atoms with Gasteiger partial charge in [-0.25, -0.2) is 0 Å². The SMILES string of the molecule is [NH2][Zn]([F])[F]. The fourth-order valence-electron chi connectivity index (χ4n) is 0. The van der Waals surface area contributed by atoms with E-state index in [0.717, 1.165) is 0 Å². The summed E-state index contributed by atoms with van der Waals surface area (Å²) in [5.74, 6) is 0. The Bertz CT molecular complexity index is 10.8. The molecule has 2 N–H and O–H groups in total. The molecule has 0 radical (unpaired) electrons. The summed E-state index contributed by atoms with van der Waals surface area (Å²) in [4.78, 5) is 0. The van der Waals surface area contributed by atoms with Crippen molar-refractivity contribution in [3.63, 3.8) is 0 Å². The van der Waals surface area contributed by atoms with E-state index in [2.05, 4.69) is 4.48 Å². The number of rotatable bonds is 0. The number of hydrogen-bond donors (Lipinski definition) is 1. The number of nitrogens with two attached hydrogens (primary N) is 1. The van der Waals surface area contributed by atoms with Crippen LogP contribution in [0.1, 0.15) is 0 Å². The number of hydrogen-bond acceptors (Lipinski definition) is 1. The van der Waals surface area contributed by atoms with Crippen molar-refractivity contribution in [1.82, 2.24) is 0 Å². The van der Waals surface area contributed by atoms with Crippen LogP contribution < -0.4 is 4.48 Å². The summed E-state index contributed by atoms with van der Waals surface area (Å²) >= 11 is -4.12. The predicted octanol–water partition coefficient (Wildman–Crippen LogP) is 0.247. The summed E-state index contributed by atoms with van der Waals surface area (Å²) in [5.41, 5.74) is 0. The number of halogens is 2. The predicted molar refractivity (Wildman–Crippen MR) is 6.40 cm³/mol. The molecule has 0 saturated carbocycles. The van der Waals surface area contributed by atoms with Crippen LogP contribution in [-0.2, 0) is 17.2 Å². The van der Waals surface area contributed by atoms with E-state index < -0.39 is 17.2 Å². The Morgan fingerprint density at radius 1 is 1.50 bits per heavy atom. The van der Waals surface area contributed by atoms with E-state index >= 15 is 0 Å². The molecule has 0 aromatic carbocycles. The quantitative estimate of drug-likeness (QED) is 0.455. The van der Waals surface area contributed by atoms with E-state index in [-0.39, 0.29) is 0 Å². The Morgan fingerprint density at radius 2 is 1.50 bits per heavy atom. The molecule has 0 atom stereocenters. The van der Waals surface area contributed by atoms with Crippen molar-refractivity contribution in [2.45, 2.75) is 0 Å². The van der Waals surface area contributed by atoms with Crippen molar-refractivity contribution in [2.75, 3.05) is 0 Å². The van der Waals surface area contributed by atoms with Crippen LogP contribution in [0.15, 0.2) is 0 Å². The van der Waals surface area contributed by atoms with E-state index in [4.69, 9.17) is 0 Å². The molecule has 0 aromatic heterocycles. The second-order valence-electron chi connectivity index (χ2n) is 0.410. The van der Waals surface area contributed by atoms with E-state index in [1.54, 1.807) is 0 Å². The molecule has 4 heteroatoms. The fraction of sp³-hybridized carbons (Fsp3) is 0.